The van der Waals surface area contributed by atoms with Crippen LogP contribution in [0.2, 0.25) is 0 Å². The second kappa shape index (κ2) is 7.49. The average molecular weight is 371 g/mol. The molecule has 27 heavy (non-hydrogen) atoms. The van der Waals surface area contributed by atoms with Crippen molar-refractivity contribution in [1.82, 2.24) is 4.98 Å². The minimum Gasteiger partial charge on any atom is -0.340 e. The van der Waals surface area contributed by atoms with Gasteiger partial charge < -0.3 is 10.6 Å². The molecule has 2 N–H and O–H groups in total. The zero-order valence-electron chi connectivity index (χ0n) is 14.3. The molecule has 4 nitrogen and oxygen atoms in total. The molecule has 0 aliphatic carbocycles. The number of anilines is 3. The molecule has 1 aromatic heterocycles. The summed E-state index contributed by atoms with van der Waals surface area (Å²) >= 11 is 0. The van der Waals surface area contributed by atoms with Gasteiger partial charge in [-0.15, -0.1) is 0 Å². The number of aromatic nitrogens is 1. The quantitative estimate of drug-likeness (QED) is 0.645. The van der Waals surface area contributed by atoms with Crippen molar-refractivity contribution in [2.45, 2.75) is 13.1 Å². The lowest BCUT2D eigenvalue weighted by molar-refractivity contribution is -0.137. The van der Waals surface area contributed by atoms with E-state index >= 15 is 0 Å². The minimum atomic E-state index is -4.37. The molecule has 1 heterocycles. The topological polar surface area (TPSA) is 54.0 Å². The van der Waals surface area contributed by atoms with Crippen LogP contribution in [0.15, 0.2) is 66.9 Å². The second-order valence-corrected chi connectivity index (χ2v) is 5.96. The first kappa shape index (κ1) is 18.4. The third-order valence-electron chi connectivity index (χ3n) is 3.79. The number of halogens is 3. The highest BCUT2D eigenvalue weighted by atomic mass is 19.4. The molecular weight excluding hydrogens is 355 g/mol. The molecule has 1 amide bonds. The number of rotatable bonds is 4. The Morgan fingerprint density at radius 3 is 2.30 bits per heavy atom. The summed E-state index contributed by atoms with van der Waals surface area (Å²) in [6, 6.07) is 15.2. The van der Waals surface area contributed by atoms with E-state index in [9.17, 15) is 18.0 Å². The van der Waals surface area contributed by atoms with Gasteiger partial charge in [-0.05, 0) is 61.0 Å². The highest BCUT2D eigenvalue weighted by molar-refractivity contribution is 6.04. The Bertz CT molecular complexity index is 936. The molecule has 0 aliphatic heterocycles. The Morgan fingerprint density at radius 1 is 0.963 bits per heavy atom. The van der Waals surface area contributed by atoms with Gasteiger partial charge in [-0.1, -0.05) is 12.1 Å². The fourth-order valence-corrected chi connectivity index (χ4v) is 2.42. The van der Waals surface area contributed by atoms with E-state index in [2.05, 4.69) is 15.6 Å². The summed E-state index contributed by atoms with van der Waals surface area (Å²) in [5, 5.41) is 5.68. The van der Waals surface area contributed by atoms with E-state index < -0.39 is 11.7 Å². The summed E-state index contributed by atoms with van der Waals surface area (Å²) < 4.78 is 37.7. The number of aryl methyl sites for hydroxylation is 1. The van der Waals surface area contributed by atoms with Crippen molar-refractivity contribution in [2.75, 3.05) is 10.6 Å². The van der Waals surface area contributed by atoms with E-state index in [-0.39, 0.29) is 5.91 Å². The predicted octanol–water partition coefficient (Wildman–Crippen LogP) is 5.40. The maximum Gasteiger partial charge on any atom is 0.416 e. The summed E-state index contributed by atoms with van der Waals surface area (Å²) in [4.78, 5) is 16.4. The number of nitrogens with one attached hydrogen (secondary N) is 2. The van der Waals surface area contributed by atoms with Crippen LogP contribution in [-0.2, 0) is 6.18 Å². The number of carbonyl (C=O) groups is 1. The minimum absolute atomic E-state index is 0.297. The smallest absolute Gasteiger partial charge is 0.340 e. The van der Waals surface area contributed by atoms with Gasteiger partial charge in [0.2, 0.25) is 0 Å². The van der Waals surface area contributed by atoms with Crippen LogP contribution in [0.5, 0.6) is 0 Å². The van der Waals surface area contributed by atoms with Crippen LogP contribution in [0.3, 0.4) is 0 Å². The molecule has 2 aromatic carbocycles. The third kappa shape index (κ3) is 4.84. The number of benzene rings is 2. The van der Waals surface area contributed by atoms with Gasteiger partial charge in [-0.25, -0.2) is 4.98 Å². The highest BCUT2D eigenvalue weighted by Gasteiger charge is 2.29. The van der Waals surface area contributed by atoms with Gasteiger partial charge in [0.25, 0.3) is 5.91 Å². The van der Waals surface area contributed by atoms with E-state index in [4.69, 9.17) is 0 Å². The van der Waals surface area contributed by atoms with E-state index in [1.807, 2.05) is 25.1 Å². The lowest BCUT2D eigenvalue weighted by atomic mass is 10.2. The molecule has 7 heteroatoms. The monoisotopic (exact) mass is 371 g/mol. The number of carbonyl (C=O) groups excluding carboxylic acids is 1. The Balaban J connectivity index is 1.65. The van der Waals surface area contributed by atoms with Crippen LogP contribution >= 0.6 is 0 Å². The van der Waals surface area contributed by atoms with Crippen molar-refractivity contribution in [1.29, 1.82) is 0 Å². The van der Waals surface area contributed by atoms with E-state index in [0.717, 1.165) is 17.7 Å². The SMILES string of the molecule is Cc1cccc(NC(=O)c2ccc(Nc3ccc(C(F)(F)F)cc3)nc2)c1. The second-order valence-electron chi connectivity index (χ2n) is 5.96. The fourth-order valence-electron chi connectivity index (χ4n) is 2.42. The largest absolute Gasteiger partial charge is 0.416 e. The van der Waals surface area contributed by atoms with Crippen LogP contribution in [0.4, 0.5) is 30.4 Å². The van der Waals surface area contributed by atoms with E-state index in [1.165, 1.54) is 18.3 Å². The molecule has 0 spiro atoms. The Morgan fingerprint density at radius 2 is 1.70 bits per heavy atom. The van der Waals surface area contributed by atoms with Gasteiger partial charge in [-0.2, -0.15) is 13.2 Å². The summed E-state index contributed by atoms with van der Waals surface area (Å²) in [5.41, 5.74) is 1.83. The van der Waals surface area contributed by atoms with Crippen molar-refractivity contribution in [3.63, 3.8) is 0 Å². The number of amides is 1. The molecule has 138 valence electrons. The normalized spacial score (nSPS) is 11.1. The van der Waals surface area contributed by atoms with Gasteiger partial charge in [0.15, 0.2) is 0 Å². The van der Waals surface area contributed by atoms with Gasteiger partial charge in [0, 0.05) is 17.6 Å². The van der Waals surface area contributed by atoms with Crippen LogP contribution < -0.4 is 10.6 Å². The molecule has 0 unspecified atom stereocenters. The van der Waals surface area contributed by atoms with Crippen LogP contribution in [0, 0.1) is 6.92 Å². The van der Waals surface area contributed by atoms with Crippen LogP contribution in [-0.4, -0.2) is 10.9 Å². The zero-order valence-corrected chi connectivity index (χ0v) is 14.3. The van der Waals surface area contributed by atoms with E-state index in [0.29, 0.717) is 22.8 Å². The molecule has 0 saturated heterocycles. The Hall–Kier alpha value is -3.35. The first-order chi connectivity index (χ1) is 12.8. The first-order valence-corrected chi connectivity index (χ1v) is 8.09. The molecular formula is C20H16F3N3O. The summed E-state index contributed by atoms with van der Waals surface area (Å²) in [5.74, 6) is 0.121. The third-order valence-corrected chi connectivity index (χ3v) is 3.79. The van der Waals surface area contributed by atoms with Crippen LogP contribution in [0.25, 0.3) is 0 Å². The maximum absolute atomic E-state index is 12.6. The number of nitrogens with zero attached hydrogens (tertiary/aromatic N) is 1. The highest BCUT2D eigenvalue weighted by Crippen LogP contribution is 2.30. The van der Waals surface area contributed by atoms with Crippen molar-refractivity contribution in [3.8, 4) is 0 Å². The van der Waals surface area contributed by atoms with E-state index in [1.54, 1.807) is 18.2 Å². The molecule has 0 atom stereocenters. The fraction of sp³-hybridized carbons (Fsp3) is 0.100. The number of alkyl halides is 3. The maximum atomic E-state index is 12.6. The number of hydrogen-bond donors (Lipinski definition) is 2. The summed E-state index contributed by atoms with van der Waals surface area (Å²) in [6.07, 6.45) is -2.97. The number of pyridine rings is 1. The number of hydrogen-bond acceptors (Lipinski definition) is 3. The van der Waals surface area contributed by atoms with Crippen molar-refractivity contribution in [3.05, 3.63) is 83.6 Å². The van der Waals surface area contributed by atoms with Gasteiger partial charge in [-0.3, -0.25) is 4.79 Å². The lowest BCUT2D eigenvalue weighted by Crippen LogP contribution is -2.12. The summed E-state index contributed by atoms with van der Waals surface area (Å²) in [7, 11) is 0. The lowest BCUT2D eigenvalue weighted by Gasteiger charge is -2.10. The molecule has 0 fully saturated rings. The standard InChI is InChI=1S/C20H16F3N3O/c1-13-3-2-4-17(11-13)26-19(27)14-5-10-18(24-12-14)25-16-8-6-15(7-9-16)20(21,22)23/h2-12H,1H3,(H,24,25)(H,26,27). The molecule has 0 aliphatic rings. The Kier molecular flexibility index (Phi) is 5.12. The van der Waals surface area contributed by atoms with Crippen molar-refractivity contribution >= 4 is 23.1 Å². The molecule has 0 radical (unpaired) electrons. The zero-order chi connectivity index (χ0) is 19.4. The molecule has 0 bridgehead atoms. The first-order valence-electron chi connectivity index (χ1n) is 8.09. The van der Waals surface area contributed by atoms with Gasteiger partial charge in [0.1, 0.15) is 5.82 Å². The summed E-state index contributed by atoms with van der Waals surface area (Å²) in [6.45, 7) is 1.93. The average Bonchev–Trinajstić information content (AvgIpc) is 2.62. The predicted molar refractivity (Wildman–Crippen MR) is 98.1 cm³/mol. The molecule has 3 aromatic rings. The van der Waals surface area contributed by atoms with Crippen LogP contribution in [0.1, 0.15) is 21.5 Å². The van der Waals surface area contributed by atoms with Gasteiger partial charge >= 0.3 is 6.18 Å². The van der Waals surface area contributed by atoms with Gasteiger partial charge in [0.05, 0.1) is 11.1 Å². The van der Waals surface area contributed by atoms with Crippen molar-refractivity contribution < 1.29 is 18.0 Å². The van der Waals surface area contributed by atoms with Crippen molar-refractivity contribution in [2.24, 2.45) is 0 Å². The molecule has 0 saturated carbocycles. The Labute approximate surface area is 154 Å². The molecule has 3 rings (SSSR count).